The number of ether oxygens (including phenoxy) is 1. The third-order valence-corrected chi connectivity index (χ3v) is 2.93. The van der Waals surface area contributed by atoms with E-state index in [-0.39, 0.29) is 5.84 Å². The van der Waals surface area contributed by atoms with Gasteiger partial charge in [-0.25, -0.2) is 4.98 Å². The van der Waals surface area contributed by atoms with E-state index in [9.17, 15) is 0 Å². The van der Waals surface area contributed by atoms with Crippen molar-refractivity contribution in [2.45, 2.75) is 6.61 Å². The second-order valence-corrected chi connectivity index (χ2v) is 4.27. The molecule has 0 amide bonds. The fourth-order valence-electron chi connectivity index (χ4n) is 1.21. The van der Waals surface area contributed by atoms with Gasteiger partial charge < -0.3 is 15.7 Å². The predicted octanol–water partition coefficient (Wildman–Crippen LogP) is 1.82. The summed E-state index contributed by atoms with van der Waals surface area (Å²) < 4.78 is 5.47. The molecule has 0 radical (unpaired) electrons. The Morgan fingerprint density at radius 1 is 1.47 bits per heavy atom. The minimum Gasteiger partial charge on any atom is -0.472 e. The molecule has 2 heterocycles. The van der Waals surface area contributed by atoms with Gasteiger partial charge >= 0.3 is 0 Å². The number of thiophene rings is 1. The van der Waals surface area contributed by atoms with Crippen LogP contribution in [0.25, 0.3) is 0 Å². The maximum atomic E-state index is 8.49. The van der Waals surface area contributed by atoms with Gasteiger partial charge in [0.2, 0.25) is 5.88 Å². The zero-order valence-corrected chi connectivity index (χ0v) is 9.72. The standard InChI is InChI=1S/C11H11N3O2S/c12-11(14-15)8-3-4-10(13-6-8)16-7-9-2-1-5-17-9/h1-6,15H,7H2,(H2,12,14). The number of amidine groups is 1. The van der Waals surface area contributed by atoms with Crippen LogP contribution in [-0.2, 0) is 6.61 Å². The van der Waals surface area contributed by atoms with E-state index in [1.165, 1.54) is 6.20 Å². The first-order valence-corrected chi connectivity index (χ1v) is 5.76. The highest BCUT2D eigenvalue weighted by Gasteiger charge is 2.01. The summed E-state index contributed by atoms with van der Waals surface area (Å²) in [6.45, 7) is 0.494. The lowest BCUT2D eigenvalue weighted by molar-refractivity contribution is 0.297. The fraction of sp³-hybridized carbons (Fsp3) is 0.0909. The average Bonchev–Trinajstić information content (AvgIpc) is 2.89. The first kappa shape index (κ1) is 11.4. The molecule has 2 rings (SSSR count). The van der Waals surface area contributed by atoms with Gasteiger partial charge in [0.25, 0.3) is 0 Å². The Hall–Kier alpha value is -2.08. The largest absolute Gasteiger partial charge is 0.472 e. The molecule has 2 aromatic rings. The summed E-state index contributed by atoms with van der Waals surface area (Å²) in [6, 6.07) is 7.33. The van der Waals surface area contributed by atoms with E-state index >= 15 is 0 Å². The van der Waals surface area contributed by atoms with Crippen molar-refractivity contribution >= 4 is 17.2 Å². The SMILES string of the molecule is NC(=NO)c1ccc(OCc2cccs2)nc1. The summed E-state index contributed by atoms with van der Waals surface area (Å²) in [5, 5.41) is 13.4. The Morgan fingerprint density at radius 3 is 2.94 bits per heavy atom. The molecule has 0 spiro atoms. The van der Waals surface area contributed by atoms with Crippen LogP contribution in [0.3, 0.4) is 0 Å². The van der Waals surface area contributed by atoms with Crippen LogP contribution >= 0.6 is 11.3 Å². The summed E-state index contributed by atoms with van der Waals surface area (Å²) in [5.41, 5.74) is 5.97. The Kier molecular flexibility index (Phi) is 3.56. The molecular formula is C11H11N3O2S. The van der Waals surface area contributed by atoms with Crippen molar-refractivity contribution in [1.82, 2.24) is 4.98 Å². The molecule has 17 heavy (non-hydrogen) atoms. The highest BCUT2D eigenvalue weighted by atomic mass is 32.1. The Morgan fingerprint density at radius 2 is 2.35 bits per heavy atom. The first-order chi connectivity index (χ1) is 8.29. The predicted molar refractivity (Wildman–Crippen MR) is 65.4 cm³/mol. The molecule has 0 aromatic carbocycles. The zero-order chi connectivity index (χ0) is 12.1. The quantitative estimate of drug-likeness (QED) is 0.375. The molecule has 3 N–H and O–H groups in total. The van der Waals surface area contributed by atoms with Gasteiger partial charge in [-0.15, -0.1) is 11.3 Å². The molecular weight excluding hydrogens is 238 g/mol. The summed E-state index contributed by atoms with van der Waals surface area (Å²) in [5.74, 6) is 0.537. The van der Waals surface area contributed by atoms with E-state index in [4.69, 9.17) is 15.7 Å². The number of nitrogens with two attached hydrogens (primary N) is 1. The van der Waals surface area contributed by atoms with Crippen molar-refractivity contribution in [3.8, 4) is 5.88 Å². The van der Waals surface area contributed by atoms with E-state index in [0.717, 1.165) is 4.88 Å². The van der Waals surface area contributed by atoms with Crippen molar-refractivity contribution < 1.29 is 9.94 Å². The van der Waals surface area contributed by atoms with E-state index in [2.05, 4.69) is 10.1 Å². The molecule has 0 atom stereocenters. The molecule has 0 bridgehead atoms. The Bertz CT molecular complexity index is 494. The first-order valence-electron chi connectivity index (χ1n) is 4.88. The van der Waals surface area contributed by atoms with Gasteiger partial charge in [-0.3, -0.25) is 0 Å². The van der Waals surface area contributed by atoms with Gasteiger partial charge in [-0.2, -0.15) is 0 Å². The van der Waals surface area contributed by atoms with Gasteiger partial charge in [0.15, 0.2) is 5.84 Å². The normalized spacial score (nSPS) is 11.4. The summed E-state index contributed by atoms with van der Waals surface area (Å²) >= 11 is 1.63. The van der Waals surface area contributed by atoms with Crippen LogP contribution in [0.15, 0.2) is 41.0 Å². The van der Waals surface area contributed by atoms with Gasteiger partial charge in [0.1, 0.15) is 6.61 Å². The van der Waals surface area contributed by atoms with Gasteiger partial charge in [0, 0.05) is 22.7 Å². The zero-order valence-electron chi connectivity index (χ0n) is 8.91. The molecule has 0 saturated heterocycles. The van der Waals surface area contributed by atoms with Crippen LogP contribution < -0.4 is 10.5 Å². The van der Waals surface area contributed by atoms with Crippen molar-refractivity contribution in [3.63, 3.8) is 0 Å². The topological polar surface area (TPSA) is 80.7 Å². The van der Waals surface area contributed by atoms with Crippen LogP contribution in [0, 0.1) is 0 Å². The number of pyridine rings is 1. The van der Waals surface area contributed by atoms with Crippen LogP contribution in [0.5, 0.6) is 5.88 Å². The van der Waals surface area contributed by atoms with E-state index in [0.29, 0.717) is 18.1 Å². The summed E-state index contributed by atoms with van der Waals surface area (Å²) in [6.07, 6.45) is 1.50. The third-order valence-electron chi connectivity index (χ3n) is 2.08. The van der Waals surface area contributed by atoms with Gasteiger partial charge in [0.05, 0.1) is 0 Å². The number of oxime groups is 1. The minimum absolute atomic E-state index is 0.0299. The molecule has 2 aromatic heterocycles. The lowest BCUT2D eigenvalue weighted by Crippen LogP contribution is -2.13. The van der Waals surface area contributed by atoms with Crippen LogP contribution in [0.2, 0.25) is 0 Å². The molecule has 0 unspecified atom stereocenters. The monoisotopic (exact) mass is 249 g/mol. The summed E-state index contributed by atoms with van der Waals surface area (Å²) in [7, 11) is 0. The second kappa shape index (κ2) is 5.31. The number of hydrogen-bond acceptors (Lipinski definition) is 5. The minimum atomic E-state index is 0.0299. The molecule has 0 aliphatic heterocycles. The molecule has 5 nitrogen and oxygen atoms in total. The number of aromatic nitrogens is 1. The number of hydrogen-bond donors (Lipinski definition) is 2. The second-order valence-electron chi connectivity index (χ2n) is 3.24. The van der Waals surface area contributed by atoms with E-state index in [1.807, 2.05) is 17.5 Å². The van der Waals surface area contributed by atoms with Crippen LogP contribution in [0.1, 0.15) is 10.4 Å². The number of rotatable bonds is 4. The molecule has 88 valence electrons. The maximum Gasteiger partial charge on any atom is 0.213 e. The van der Waals surface area contributed by atoms with Gasteiger partial charge in [-0.05, 0) is 17.5 Å². The molecule has 0 saturated carbocycles. The fourth-order valence-corrected chi connectivity index (χ4v) is 1.83. The van der Waals surface area contributed by atoms with Gasteiger partial charge in [-0.1, -0.05) is 11.2 Å². The Balaban J connectivity index is 1.99. The van der Waals surface area contributed by atoms with Crippen molar-refractivity contribution in [2.24, 2.45) is 10.9 Å². The lowest BCUT2D eigenvalue weighted by atomic mass is 10.3. The van der Waals surface area contributed by atoms with E-state index < -0.39 is 0 Å². The maximum absolute atomic E-state index is 8.49. The lowest BCUT2D eigenvalue weighted by Gasteiger charge is -2.04. The van der Waals surface area contributed by atoms with Crippen LogP contribution in [0.4, 0.5) is 0 Å². The van der Waals surface area contributed by atoms with Crippen LogP contribution in [-0.4, -0.2) is 16.0 Å². The average molecular weight is 249 g/mol. The highest BCUT2D eigenvalue weighted by Crippen LogP contribution is 2.13. The van der Waals surface area contributed by atoms with Crippen molar-refractivity contribution in [2.75, 3.05) is 0 Å². The highest BCUT2D eigenvalue weighted by molar-refractivity contribution is 7.09. The molecule has 0 aliphatic rings. The molecule has 0 aliphatic carbocycles. The van der Waals surface area contributed by atoms with Crippen molar-refractivity contribution in [1.29, 1.82) is 0 Å². The smallest absolute Gasteiger partial charge is 0.213 e. The molecule has 0 fully saturated rings. The Labute approximate surface area is 102 Å². The van der Waals surface area contributed by atoms with E-state index in [1.54, 1.807) is 23.5 Å². The third kappa shape index (κ3) is 2.94. The summed E-state index contributed by atoms with van der Waals surface area (Å²) in [4.78, 5) is 5.19. The molecule has 6 heteroatoms. The van der Waals surface area contributed by atoms with Crippen molar-refractivity contribution in [3.05, 3.63) is 46.3 Å². The number of nitrogens with zero attached hydrogens (tertiary/aromatic N) is 2.